The molecule has 0 radical (unpaired) electrons. The fourth-order valence-corrected chi connectivity index (χ4v) is 3.80. The molecule has 2 aromatic carbocycles. The molecule has 31 heavy (non-hydrogen) atoms. The highest BCUT2D eigenvalue weighted by Gasteiger charge is 2.30. The van der Waals surface area contributed by atoms with Crippen molar-refractivity contribution in [2.45, 2.75) is 26.7 Å². The van der Waals surface area contributed by atoms with Crippen molar-refractivity contribution in [1.82, 2.24) is 4.90 Å². The minimum atomic E-state index is -0.172. The largest absolute Gasteiger partial charge is 0.497 e. The van der Waals surface area contributed by atoms with Crippen LogP contribution in [0.25, 0.3) is 0 Å². The van der Waals surface area contributed by atoms with Gasteiger partial charge in [-0.15, -0.1) is 0 Å². The maximum atomic E-state index is 12.8. The molecule has 2 aromatic rings. The molecule has 7 nitrogen and oxygen atoms in total. The average Bonchev–Trinajstić information content (AvgIpc) is 2.80. The van der Waals surface area contributed by atoms with E-state index in [2.05, 4.69) is 10.6 Å². The summed E-state index contributed by atoms with van der Waals surface area (Å²) in [6, 6.07) is 13.0. The molecule has 0 aliphatic carbocycles. The van der Waals surface area contributed by atoms with Gasteiger partial charge >= 0.3 is 6.03 Å². The first-order valence-electron chi connectivity index (χ1n) is 10.6. The van der Waals surface area contributed by atoms with E-state index < -0.39 is 0 Å². The van der Waals surface area contributed by atoms with E-state index in [1.165, 1.54) is 0 Å². The van der Waals surface area contributed by atoms with Crippen LogP contribution >= 0.6 is 0 Å². The van der Waals surface area contributed by atoms with E-state index in [9.17, 15) is 9.59 Å². The molecule has 7 heteroatoms. The Morgan fingerprint density at radius 1 is 1.00 bits per heavy atom. The monoisotopic (exact) mass is 425 g/mol. The zero-order valence-electron chi connectivity index (χ0n) is 18.6. The maximum absolute atomic E-state index is 12.8. The van der Waals surface area contributed by atoms with E-state index in [4.69, 9.17) is 9.47 Å². The van der Waals surface area contributed by atoms with Gasteiger partial charge in [0, 0.05) is 30.8 Å². The van der Waals surface area contributed by atoms with Crippen LogP contribution in [0.2, 0.25) is 0 Å². The predicted octanol–water partition coefficient (Wildman–Crippen LogP) is 4.53. The van der Waals surface area contributed by atoms with Crippen LogP contribution in [0.3, 0.4) is 0 Å². The van der Waals surface area contributed by atoms with Gasteiger partial charge in [-0.25, -0.2) is 4.79 Å². The SMILES string of the molecule is COc1ccc(NC(=O)C(C)C2CCN(C(=O)Nc3ccc(C)cc3)CC2)c(OC)c1. The fourth-order valence-electron chi connectivity index (χ4n) is 3.80. The van der Waals surface area contributed by atoms with E-state index >= 15 is 0 Å². The number of carbonyl (C=O) groups is 2. The van der Waals surface area contributed by atoms with Crippen LogP contribution in [-0.2, 0) is 4.79 Å². The number of benzene rings is 2. The molecular formula is C24H31N3O4. The Balaban J connectivity index is 1.52. The first-order chi connectivity index (χ1) is 14.9. The van der Waals surface area contributed by atoms with Crippen LogP contribution in [-0.4, -0.2) is 44.1 Å². The van der Waals surface area contributed by atoms with Crippen molar-refractivity contribution in [3.8, 4) is 11.5 Å². The number of likely N-dealkylation sites (tertiary alicyclic amines) is 1. The fraction of sp³-hybridized carbons (Fsp3) is 0.417. The number of piperidine rings is 1. The highest BCUT2D eigenvalue weighted by atomic mass is 16.5. The number of methoxy groups -OCH3 is 2. The second-order valence-electron chi connectivity index (χ2n) is 7.96. The van der Waals surface area contributed by atoms with Crippen LogP contribution in [0.4, 0.5) is 16.2 Å². The van der Waals surface area contributed by atoms with Gasteiger partial charge in [-0.3, -0.25) is 4.79 Å². The summed E-state index contributed by atoms with van der Waals surface area (Å²) in [4.78, 5) is 27.2. The number of amides is 3. The van der Waals surface area contributed by atoms with Gasteiger partial charge in [0.05, 0.1) is 19.9 Å². The molecule has 1 heterocycles. The molecule has 0 aromatic heterocycles. The summed E-state index contributed by atoms with van der Waals surface area (Å²) in [6.07, 6.45) is 1.57. The lowest BCUT2D eigenvalue weighted by Gasteiger charge is -2.34. The first-order valence-corrected chi connectivity index (χ1v) is 10.6. The van der Waals surface area contributed by atoms with Gasteiger partial charge in [-0.1, -0.05) is 24.6 Å². The number of nitrogens with one attached hydrogen (secondary N) is 2. The molecule has 1 fully saturated rings. The molecule has 0 saturated carbocycles. The van der Waals surface area contributed by atoms with Gasteiger partial charge < -0.3 is 25.0 Å². The van der Waals surface area contributed by atoms with Crippen molar-refractivity contribution in [1.29, 1.82) is 0 Å². The number of hydrogen-bond acceptors (Lipinski definition) is 4. The van der Waals surface area contributed by atoms with Crippen molar-refractivity contribution in [2.75, 3.05) is 37.9 Å². The summed E-state index contributed by atoms with van der Waals surface area (Å²) in [7, 11) is 3.15. The van der Waals surface area contributed by atoms with Gasteiger partial charge in [-0.2, -0.15) is 0 Å². The van der Waals surface area contributed by atoms with Crippen molar-refractivity contribution in [3.63, 3.8) is 0 Å². The Kier molecular flexibility index (Phi) is 7.39. The van der Waals surface area contributed by atoms with Crippen LogP contribution in [0.5, 0.6) is 11.5 Å². The molecule has 166 valence electrons. The lowest BCUT2D eigenvalue weighted by molar-refractivity contribution is -0.121. The van der Waals surface area contributed by atoms with Crippen molar-refractivity contribution >= 4 is 23.3 Å². The lowest BCUT2D eigenvalue weighted by atomic mass is 9.85. The van der Waals surface area contributed by atoms with Gasteiger partial charge in [0.25, 0.3) is 0 Å². The van der Waals surface area contributed by atoms with Crippen LogP contribution in [0.1, 0.15) is 25.3 Å². The van der Waals surface area contributed by atoms with Crippen molar-refractivity contribution in [3.05, 3.63) is 48.0 Å². The van der Waals surface area contributed by atoms with E-state index in [1.54, 1.807) is 32.4 Å². The number of carbonyl (C=O) groups excluding carboxylic acids is 2. The van der Waals surface area contributed by atoms with Gasteiger partial charge in [0.15, 0.2) is 0 Å². The molecule has 1 unspecified atom stereocenters. The highest BCUT2D eigenvalue weighted by molar-refractivity contribution is 5.94. The zero-order chi connectivity index (χ0) is 22.4. The minimum Gasteiger partial charge on any atom is -0.497 e. The minimum absolute atomic E-state index is 0.0500. The normalized spacial score (nSPS) is 15.2. The molecule has 0 bridgehead atoms. The van der Waals surface area contributed by atoms with E-state index in [0.717, 1.165) is 24.1 Å². The third kappa shape index (κ3) is 5.69. The summed E-state index contributed by atoms with van der Waals surface area (Å²) in [5, 5.41) is 5.91. The Labute approximate surface area is 183 Å². The molecule has 1 aliphatic rings. The number of ether oxygens (including phenoxy) is 2. The number of rotatable bonds is 6. The number of nitrogens with zero attached hydrogens (tertiary/aromatic N) is 1. The molecule has 1 atom stereocenters. The predicted molar refractivity (Wildman–Crippen MR) is 122 cm³/mol. The Morgan fingerprint density at radius 2 is 1.68 bits per heavy atom. The molecule has 3 amide bonds. The molecule has 1 aliphatic heterocycles. The second-order valence-corrected chi connectivity index (χ2v) is 7.96. The molecule has 1 saturated heterocycles. The van der Waals surface area contributed by atoms with Gasteiger partial charge in [0.2, 0.25) is 5.91 Å². The molecule has 3 rings (SSSR count). The summed E-state index contributed by atoms with van der Waals surface area (Å²) in [5.74, 6) is 1.22. The first kappa shape index (κ1) is 22.5. The Morgan fingerprint density at radius 3 is 2.29 bits per heavy atom. The highest BCUT2D eigenvalue weighted by Crippen LogP contribution is 2.31. The van der Waals surface area contributed by atoms with Gasteiger partial charge in [0.1, 0.15) is 11.5 Å². The van der Waals surface area contributed by atoms with E-state index in [-0.39, 0.29) is 23.8 Å². The Hall–Kier alpha value is -3.22. The van der Waals surface area contributed by atoms with Crippen LogP contribution < -0.4 is 20.1 Å². The summed E-state index contributed by atoms with van der Waals surface area (Å²) in [6.45, 7) is 5.22. The Bertz CT molecular complexity index is 906. The van der Waals surface area contributed by atoms with Crippen molar-refractivity contribution in [2.24, 2.45) is 11.8 Å². The van der Waals surface area contributed by atoms with Crippen LogP contribution in [0, 0.1) is 18.8 Å². The van der Waals surface area contributed by atoms with Crippen molar-refractivity contribution < 1.29 is 19.1 Å². The topological polar surface area (TPSA) is 79.9 Å². The van der Waals surface area contributed by atoms with Crippen LogP contribution in [0.15, 0.2) is 42.5 Å². The van der Waals surface area contributed by atoms with E-state index in [0.29, 0.717) is 30.3 Å². The van der Waals surface area contributed by atoms with Gasteiger partial charge in [-0.05, 0) is 49.9 Å². The molecule has 2 N–H and O–H groups in total. The number of aryl methyl sites for hydroxylation is 1. The summed E-state index contributed by atoms with van der Waals surface area (Å²) < 4.78 is 10.6. The lowest BCUT2D eigenvalue weighted by Crippen LogP contribution is -2.43. The third-order valence-corrected chi connectivity index (χ3v) is 5.92. The standard InChI is InChI=1S/C24H31N3O4/c1-16-5-7-19(8-6-16)25-24(29)27-13-11-18(12-14-27)17(2)23(28)26-21-10-9-20(30-3)15-22(21)31-4/h5-10,15,17-18H,11-14H2,1-4H3,(H,25,29)(H,26,28). The molecular weight excluding hydrogens is 394 g/mol. The number of anilines is 2. The second kappa shape index (κ2) is 10.2. The quantitative estimate of drug-likeness (QED) is 0.713. The summed E-state index contributed by atoms with van der Waals surface area (Å²) >= 11 is 0. The number of urea groups is 1. The third-order valence-electron chi connectivity index (χ3n) is 5.92. The maximum Gasteiger partial charge on any atom is 0.321 e. The zero-order valence-corrected chi connectivity index (χ0v) is 18.6. The molecule has 0 spiro atoms. The smallest absolute Gasteiger partial charge is 0.321 e. The summed E-state index contributed by atoms with van der Waals surface area (Å²) in [5.41, 5.74) is 2.56. The van der Waals surface area contributed by atoms with E-state index in [1.807, 2.05) is 43.0 Å². The number of hydrogen-bond donors (Lipinski definition) is 2. The average molecular weight is 426 g/mol.